The molecule has 4 N–H and O–H groups in total. The summed E-state index contributed by atoms with van der Waals surface area (Å²) in [5, 5.41) is 5.49. The van der Waals surface area contributed by atoms with E-state index in [0.717, 1.165) is 11.3 Å². The minimum Gasteiger partial charge on any atom is -0.352 e. The molecule has 0 aliphatic rings. The van der Waals surface area contributed by atoms with Crippen LogP contribution in [0.5, 0.6) is 0 Å². The van der Waals surface area contributed by atoms with E-state index >= 15 is 0 Å². The highest BCUT2D eigenvalue weighted by Gasteiger charge is 2.15. The van der Waals surface area contributed by atoms with E-state index in [4.69, 9.17) is 5.73 Å². The molecule has 1 aromatic carbocycles. The van der Waals surface area contributed by atoms with Crippen LogP contribution in [0, 0.1) is 0 Å². The van der Waals surface area contributed by atoms with Crippen molar-refractivity contribution in [2.75, 3.05) is 5.32 Å². The van der Waals surface area contributed by atoms with Gasteiger partial charge in [-0.05, 0) is 31.5 Å². The SMILES string of the molecule is CC(=O)Nc1ccc(CNC(=O)CC(C)(C)N)cc1. The van der Waals surface area contributed by atoms with Gasteiger partial charge in [-0.1, -0.05) is 12.1 Å². The number of anilines is 1. The van der Waals surface area contributed by atoms with E-state index in [1.807, 2.05) is 26.0 Å². The average Bonchev–Trinajstić information content (AvgIpc) is 2.25. The number of carbonyl (C=O) groups is 2. The van der Waals surface area contributed by atoms with Crippen molar-refractivity contribution in [3.8, 4) is 0 Å². The first-order chi connectivity index (χ1) is 8.76. The second kappa shape index (κ2) is 6.33. The van der Waals surface area contributed by atoms with Crippen LogP contribution in [-0.4, -0.2) is 17.4 Å². The van der Waals surface area contributed by atoms with Gasteiger partial charge < -0.3 is 16.4 Å². The lowest BCUT2D eigenvalue weighted by Crippen LogP contribution is -2.38. The van der Waals surface area contributed by atoms with Gasteiger partial charge in [0.05, 0.1) is 0 Å². The van der Waals surface area contributed by atoms with Crippen molar-refractivity contribution < 1.29 is 9.59 Å². The fraction of sp³-hybridized carbons (Fsp3) is 0.429. The first-order valence-corrected chi connectivity index (χ1v) is 6.18. The third-order valence-electron chi connectivity index (χ3n) is 2.38. The molecule has 5 heteroatoms. The van der Waals surface area contributed by atoms with Crippen molar-refractivity contribution in [1.29, 1.82) is 0 Å². The number of hydrogen-bond acceptors (Lipinski definition) is 3. The minimum absolute atomic E-state index is 0.0709. The first-order valence-electron chi connectivity index (χ1n) is 6.18. The summed E-state index contributed by atoms with van der Waals surface area (Å²) >= 11 is 0. The van der Waals surface area contributed by atoms with Gasteiger partial charge in [0.25, 0.3) is 0 Å². The van der Waals surface area contributed by atoms with Gasteiger partial charge in [0.1, 0.15) is 0 Å². The van der Waals surface area contributed by atoms with Gasteiger partial charge in [0.15, 0.2) is 0 Å². The van der Waals surface area contributed by atoms with E-state index < -0.39 is 5.54 Å². The lowest BCUT2D eigenvalue weighted by Gasteiger charge is -2.17. The number of carbonyl (C=O) groups excluding carboxylic acids is 2. The van der Waals surface area contributed by atoms with Crippen LogP contribution >= 0.6 is 0 Å². The molecule has 104 valence electrons. The summed E-state index contributed by atoms with van der Waals surface area (Å²) < 4.78 is 0. The summed E-state index contributed by atoms with van der Waals surface area (Å²) in [6.45, 7) is 5.54. The molecule has 5 nitrogen and oxygen atoms in total. The Morgan fingerprint density at radius 1 is 1.21 bits per heavy atom. The van der Waals surface area contributed by atoms with Crippen LogP contribution in [0.3, 0.4) is 0 Å². The highest BCUT2D eigenvalue weighted by Crippen LogP contribution is 2.09. The molecule has 0 atom stereocenters. The molecule has 0 bridgehead atoms. The van der Waals surface area contributed by atoms with E-state index in [9.17, 15) is 9.59 Å². The zero-order valence-corrected chi connectivity index (χ0v) is 11.6. The molecule has 0 unspecified atom stereocenters. The normalized spacial score (nSPS) is 10.9. The maximum absolute atomic E-state index is 11.6. The first kappa shape index (κ1) is 15.2. The van der Waals surface area contributed by atoms with E-state index in [2.05, 4.69) is 10.6 Å². The van der Waals surface area contributed by atoms with Gasteiger partial charge in [-0.2, -0.15) is 0 Å². The molecule has 0 radical (unpaired) electrons. The van der Waals surface area contributed by atoms with Crippen molar-refractivity contribution in [2.45, 2.75) is 39.3 Å². The van der Waals surface area contributed by atoms with Crippen LogP contribution in [0.15, 0.2) is 24.3 Å². The molecule has 0 aliphatic carbocycles. The Bertz CT molecular complexity index is 447. The molecule has 0 fully saturated rings. The Kier molecular flexibility index (Phi) is 5.06. The van der Waals surface area contributed by atoms with Crippen LogP contribution in [0.25, 0.3) is 0 Å². The predicted octanol–water partition coefficient (Wildman–Crippen LogP) is 1.39. The third-order valence-corrected chi connectivity index (χ3v) is 2.38. The van der Waals surface area contributed by atoms with Crippen LogP contribution in [-0.2, 0) is 16.1 Å². The van der Waals surface area contributed by atoms with E-state index in [-0.39, 0.29) is 18.2 Å². The molecule has 0 saturated heterocycles. The second-order valence-corrected chi connectivity index (χ2v) is 5.32. The minimum atomic E-state index is -0.501. The van der Waals surface area contributed by atoms with Crippen molar-refractivity contribution in [2.24, 2.45) is 5.73 Å². The Labute approximate surface area is 113 Å². The second-order valence-electron chi connectivity index (χ2n) is 5.32. The van der Waals surface area contributed by atoms with E-state index in [1.165, 1.54) is 6.92 Å². The number of benzene rings is 1. The quantitative estimate of drug-likeness (QED) is 0.750. The van der Waals surface area contributed by atoms with Crippen molar-refractivity contribution in [1.82, 2.24) is 5.32 Å². The highest BCUT2D eigenvalue weighted by atomic mass is 16.2. The van der Waals surface area contributed by atoms with E-state index in [0.29, 0.717) is 6.54 Å². The van der Waals surface area contributed by atoms with Crippen molar-refractivity contribution >= 4 is 17.5 Å². The maximum atomic E-state index is 11.6. The van der Waals surface area contributed by atoms with Crippen LogP contribution < -0.4 is 16.4 Å². The molecule has 0 saturated carbocycles. The highest BCUT2D eigenvalue weighted by molar-refractivity contribution is 5.88. The lowest BCUT2D eigenvalue weighted by atomic mass is 10.0. The maximum Gasteiger partial charge on any atom is 0.222 e. The van der Waals surface area contributed by atoms with Crippen molar-refractivity contribution in [3.63, 3.8) is 0 Å². The average molecular weight is 263 g/mol. The van der Waals surface area contributed by atoms with Crippen LogP contribution in [0.2, 0.25) is 0 Å². The fourth-order valence-electron chi connectivity index (χ4n) is 1.59. The predicted molar refractivity (Wildman–Crippen MR) is 75.5 cm³/mol. The Balaban J connectivity index is 2.46. The molecular formula is C14H21N3O2. The molecule has 19 heavy (non-hydrogen) atoms. The lowest BCUT2D eigenvalue weighted by molar-refractivity contribution is -0.122. The molecule has 0 aliphatic heterocycles. The van der Waals surface area contributed by atoms with Gasteiger partial charge in [0.2, 0.25) is 11.8 Å². The zero-order valence-electron chi connectivity index (χ0n) is 11.6. The third kappa shape index (κ3) is 6.57. The summed E-state index contributed by atoms with van der Waals surface area (Å²) in [6.07, 6.45) is 0.289. The number of nitrogens with two attached hydrogens (primary N) is 1. The van der Waals surface area contributed by atoms with Crippen LogP contribution in [0.4, 0.5) is 5.69 Å². The molecule has 1 aromatic rings. The number of amides is 2. The van der Waals surface area contributed by atoms with Gasteiger partial charge in [-0.15, -0.1) is 0 Å². The summed E-state index contributed by atoms with van der Waals surface area (Å²) in [5.74, 6) is -0.176. The Hall–Kier alpha value is -1.88. The van der Waals surface area contributed by atoms with E-state index in [1.54, 1.807) is 12.1 Å². The summed E-state index contributed by atoms with van der Waals surface area (Å²) in [5.41, 5.74) is 6.98. The number of rotatable bonds is 5. The smallest absolute Gasteiger partial charge is 0.222 e. The Morgan fingerprint density at radius 3 is 2.26 bits per heavy atom. The monoisotopic (exact) mass is 263 g/mol. The molecule has 0 heterocycles. The topological polar surface area (TPSA) is 84.2 Å². The molecule has 0 aromatic heterocycles. The summed E-state index contributed by atoms with van der Waals surface area (Å²) in [4.78, 5) is 22.5. The standard InChI is InChI=1S/C14H21N3O2/c1-10(18)17-12-6-4-11(5-7-12)9-16-13(19)8-14(2,3)15/h4-7H,8-9,15H2,1-3H3,(H,16,19)(H,17,18). The largest absolute Gasteiger partial charge is 0.352 e. The number of nitrogens with one attached hydrogen (secondary N) is 2. The number of hydrogen-bond donors (Lipinski definition) is 3. The fourth-order valence-corrected chi connectivity index (χ4v) is 1.59. The molecule has 2 amide bonds. The molecular weight excluding hydrogens is 242 g/mol. The van der Waals surface area contributed by atoms with Gasteiger partial charge in [0, 0.05) is 31.1 Å². The molecule has 1 rings (SSSR count). The summed E-state index contributed by atoms with van der Waals surface area (Å²) in [6, 6.07) is 7.32. The summed E-state index contributed by atoms with van der Waals surface area (Å²) in [7, 11) is 0. The van der Waals surface area contributed by atoms with Gasteiger partial charge >= 0.3 is 0 Å². The van der Waals surface area contributed by atoms with Crippen molar-refractivity contribution in [3.05, 3.63) is 29.8 Å². The van der Waals surface area contributed by atoms with Crippen LogP contribution in [0.1, 0.15) is 32.8 Å². The Morgan fingerprint density at radius 2 is 1.79 bits per heavy atom. The van der Waals surface area contributed by atoms with Gasteiger partial charge in [-0.3, -0.25) is 9.59 Å². The molecule has 0 spiro atoms. The zero-order chi connectivity index (χ0) is 14.5. The van der Waals surface area contributed by atoms with Gasteiger partial charge in [-0.25, -0.2) is 0 Å².